The van der Waals surface area contributed by atoms with Gasteiger partial charge in [-0.3, -0.25) is 0 Å². The fourth-order valence-corrected chi connectivity index (χ4v) is 7.77. The molecule has 0 amide bonds. The average Bonchev–Trinajstić information content (AvgIpc) is 4.03. The Hall–Kier alpha value is -6.26. The summed E-state index contributed by atoms with van der Waals surface area (Å²) in [6, 6.07) is 48.8. The summed E-state index contributed by atoms with van der Waals surface area (Å²) in [5.74, 6) is 3.71. The summed E-state index contributed by atoms with van der Waals surface area (Å²) < 4.78 is 24.9. The molecule has 4 aromatic heterocycles. The van der Waals surface area contributed by atoms with Crippen molar-refractivity contribution in [1.82, 2.24) is 19.1 Å². The molecule has 0 spiro atoms. The van der Waals surface area contributed by atoms with Crippen LogP contribution in [0.3, 0.4) is 0 Å². The number of pyridine rings is 2. The smallest absolute Gasteiger partial charge is 0.509 e. The Bertz CT molecular complexity index is 3160. The second-order valence-corrected chi connectivity index (χ2v) is 17.6. The number of fused-ring (bicyclic) bond motifs is 5. The zero-order valence-corrected chi connectivity index (χ0v) is 41.1. The number of aromatic nitrogens is 4. The summed E-state index contributed by atoms with van der Waals surface area (Å²) in [6.07, 6.45) is 11.5. The summed E-state index contributed by atoms with van der Waals surface area (Å²) in [5.41, 5.74) is 7.16. The van der Waals surface area contributed by atoms with Crippen molar-refractivity contribution in [1.29, 1.82) is 0 Å². The molecule has 0 fully saturated rings. The fraction of sp³-hybridized carbons (Fsp3) is 0.192. The molecule has 0 N–H and O–H groups in total. The number of nitrogens with zero attached hydrogens (tertiary/aromatic N) is 8. The Labute approximate surface area is 401 Å². The van der Waals surface area contributed by atoms with E-state index in [2.05, 4.69) is 123 Å². The number of benzene rings is 4. The van der Waals surface area contributed by atoms with E-state index in [1.54, 1.807) is 0 Å². The molecule has 6 heterocycles. The maximum absolute atomic E-state index is 6.53. The van der Waals surface area contributed by atoms with Gasteiger partial charge in [-0.05, 0) is 46.2 Å². The quantitative estimate of drug-likeness (QED) is 0.112. The van der Waals surface area contributed by atoms with Gasteiger partial charge in [0, 0.05) is 46.4 Å². The van der Waals surface area contributed by atoms with Crippen LogP contribution >= 0.6 is 0 Å². The van der Waals surface area contributed by atoms with Gasteiger partial charge >= 0.3 is 54.1 Å². The van der Waals surface area contributed by atoms with E-state index in [0.717, 1.165) is 67.0 Å². The van der Waals surface area contributed by atoms with Crippen molar-refractivity contribution < 1.29 is 69.9 Å². The Morgan fingerprint density at radius 1 is 0.516 bits per heavy atom. The van der Waals surface area contributed by atoms with Crippen molar-refractivity contribution in [3.63, 3.8) is 0 Å². The summed E-state index contributed by atoms with van der Waals surface area (Å²) >= 11 is 0. The molecule has 0 aliphatic carbocycles. The van der Waals surface area contributed by atoms with E-state index in [1.165, 1.54) is 0 Å². The standard InChI is InChI=1S/C52H44N8O2.2Pt/c1-51(2,3)35-19-21-53-47(27-35)59-45-31-41(61-39-13-9-11-37(29-39)57-25-23-55(7)33-57)15-17-43(45)50-49(59)44-18-16-42(62-40-14-10-12-38(30-40)58-26-24-56(8)34-58)32-46(44)60(50)48-28-36(20-22-54-48)52(4,5)6;;/h9-28H,1-8H3;;/q;2*+2. The van der Waals surface area contributed by atoms with Gasteiger partial charge in [0.2, 0.25) is 12.4 Å². The molecule has 0 atom stereocenters. The van der Waals surface area contributed by atoms with Crippen LogP contribution in [-0.4, -0.2) is 63.5 Å². The van der Waals surface area contributed by atoms with Crippen LogP contribution in [-0.2, 0) is 53.0 Å². The molecule has 0 saturated heterocycles. The second-order valence-electron chi connectivity index (χ2n) is 17.6. The molecule has 0 radical (unpaired) electrons. The molecule has 12 heteroatoms. The van der Waals surface area contributed by atoms with Gasteiger partial charge in [0.25, 0.3) is 12.4 Å². The molecule has 4 aromatic carbocycles. The van der Waals surface area contributed by atoms with Gasteiger partial charge in [-0.1, -0.05) is 106 Å². The molecular weight excluding hydrogens is 1160 g/mol. The first-order valence-corrected chi connectivity index (χ1v) is 20.5. The number of rotatable bonds is 8. The predicted molar refractivity (Wildman–Crippen MR) is 239 cm³/mol. The molecule has 2 aliphatic rings. The first-order valence-electron chi connectivity index (χ1n) is 20.5. The van der Waals surface area contributed by atoms with E-state index < -0.39 is 0 Å². The molecule has 0 unspecified atom stereocenters. The van der Waals surface area contributed by atoms with Gasteiger partial charge in [0.05, 0.1) is 0 Å². The van der Waals surface area contributed by atoms with E-state index in [9.17, 15) is 0 Å². The monoisotopic (exact) mass is 1200 g/mol. The van der Waals surface area contributed by atoms with Crippen LogP contribution in [0.4, 0.5) is 11.4 Å². The minimum Gasteiger partial charge on any atom is -0.509 e. The molecule has 2 aliphatic heterocycles. The van der Waals surface area contributed by atoms with Gasteiger partial charge in [-0.15, -0.1) is 36.4 Å². The van der Waals surface area contributed by atoms with Crippen molar-refractivity contribution in [2.45, 2.75) is 52.4 Å². The third-order valence-electron chi connectivity index (χ3n) is 11.0. The molecular formula is C52H44N8O2Pt2+4. The minimum atomic E-state index is -0.122. The fourth-order valence-electron chi connectivity index (χ4n) is 7.77. The van der Waals surface area contributed by atoms with Gasteiger partial charge < -0.3 is 18.6 Å². The Morgan fingerprint density at radius 3 is 1.30 bits per heavy atom. The molecule has 320 valence electrons. The van der Waals surface area contributed by atoms with Crippen LogP contribution in [0.5, 0.6) is 23.0 Å². The Morgan fingerprint density at radius 2 is 0.922 bits per heavy atom. The van der Waals surface area contributed by atoms with Crippen LogP contribution in [0.15, 0.2) is 122 Å². The van der Waals surface area contributed by atoms with E-state index >= 15 is 0 Å². The van der Waals surface area contributed by atoms with Crippen molar-refractivity contribution in [2.24, 2.45) is 0 Å². The SMILES string of the molecule is C[N+]1=C=[N+](c2[c-]c(Oc3[c-]c4c(cc3)c3c(c5ccc(Oc6[c-]c([N+]7=C=[N+](C)C=C7)ccc6)[c-]c5n3-c3cc(C(C)(C)C)ccn3)n4-c3cc(C(C)(C)C)ccn3)ccc2)C=C1.[Pt+2].[Pt+2]. The zero-order chi connectivity index (χ0) is 42.9. The molecule has 0 saturated carbocycles. The number of hydrogen-bond donors (Lipinski definition) is 0. The van der Waals surface area contributed by atoms with Gasteiger partial charge in [0.1, 0.15) is 23.0 Å². The van der Waals surface area contributed by atoms with Crippen LogP contribution in [0.1, 0.15) is 52.7 Å². The molecule has 10 nitrogen and oxygen atoms in total. The van der Waals surface area contributed by atoms with Gasteiger partial charge in [-0.2, -0.15) is 24.3 Å². The topological polar surface area (TPSA) is 66.1 Å². The Balaban J connectivity index is 0.00000280. The Kier molecular flexibility index (Phi) is 11.8. The van der Waals surface area contributed by atoms with Crippen LogP contribution in [0.2, 0.25) is 0 Å². The average molecular weight is 1200 g/mol. The minimum absolute atomic E-state index is 0. The summed E-state index contributed by atoms with van der Waals surface area (Å²) in [6.45, 7) is 13.3. The third kappa shape index (κ3) is 8.31. The maximum atomic E-state index is 6.53. The number of hydrogen-bond acceptors (Lipinski definition) is 4. The molecule has 8 aromatic rings. The largest absolute Gasteiger partial charge is 2.00 e. The summed E-state index contributed by atoms with van der Waals surface area (Å²) in [5, 5.41) is 1.88. The van der Waals surface area contributed by atoms with E-state index in [4.69, 9.17) is 19.4 Å². The van der Waals surface area contributed by atoms with Gasteiger partial charge in [-0.25, -0.2) is 9.97 Å². The van der Waals surface area contributed by atoms with E-state index in [0.29, 0.717) is 23.0 Å². The normalized spacial score (nSPS) is 13.4. The maximum Gasteiger partial charge on any atom is 2.00 e. The zero-order valence-electron chi connectivity index (χ0n) is 36.6. The molecule has 10 rings (SSSR count). The predicted octanol–water partition coefficient (Wildman–Crippen LogP) is 10.8. The second kappa shape index (κ2) is 17.0. The number of ether oxygens (including phenoxy) is 2. The first-order chi connectivity index (χ1) is 29.8. The molecule has 64 heavy (non-hydrogen) atoms. The van der Waals surface area contributed by atoms with E-state index in [-0.39, 0.29) is 53.0 Å². The van der Waals surface area contributed by atoms with Crippen LogP contribution in [0, 0.1) is 24.3 Å². The van der Waals surface area contributed by atoms with E-state index in [1.807, 2.05) is 118 Å². The first kappa shape index (κ1) is 44.3. The van der Waals surface area contributed by atoms with Crippen LogP contribution < -0.4 is 9.47 Å². The summed E-state index contributed by atoms with van der Waals surface area (Å²) in [4.78, 5) is 10.0. The van der Waals surface area contributed by atoms with Crippen molar-refractivity contribution in [2.75, 3.05) is 14.1 Å². The van der Waals surface area contributed by atoms with Crippen molar-refractivity contribution in [3.05, 3.63) is 158 Å². The van der Waals surface area contributed by atoms with Crippen molar-refractivity contribution >= 4 is 56.2 Å². The molecule has 0 bridgehead atoms. The third-order valence-corrected chi connectivity index (χ3v) is 11.0. The van der Waals surface area contributed by atoms with Gasteiger partial charge in [0.15, 0.2) is 14.1 Å². The summed E-state index contributed by atoms with van der Waals surface area (Å²) in [7, 11) is 3.87. The van der Waals surface area contributed by atoms with Crippen molar-refractivity contribution in [3.8, 4) is 34.6 Å². The van der Waals surface area contributed by atoms with Crippen LogP contribution in [0.25, 0.3) is 44.5 Å².